The third-order valence-electron chi connectivity index (χ3n) is 4.07. The zero-order valence-corrected chi connectivity index (χ0v) is 12.8. The lowest BCUT2D eigenvalue weighted by Crippen LogP contribution is -2.57. The van der Waals surface area contributed by atoms with Gasteiger partial charge in [-0.3, -0.25) is 9.69 Å². The molecule has 5 heteroatoms. The number of amides is 2. The lowest BCUT2D eigenvalue weighted by atomic mass is 9.74. The Labute approximate surface area is 125 Å². The average Bonchev–Trinajstić information content (AvgIpc) is 2.33. The number of urea groups is 1. The molecule has 0 spiro atoms. The quantitative estimate of drug-likeness (QED) is 0.895. The first kappa shape index (κ1) is 15.4. The highest BCUT2D eigenvalue weighted by Crippen LogP contribution is 2.35. The topological polar surface area (TPSA) is 69.6 Å². The van der Waals surface area contributed by atoms with Crippen LogP contribution < -0.4 is 10.2 Å². The molecule has 0 atom stereocenters. The predicted octanol–water partition coefficient (Wildman–Crippen LogP) is 2.85. The van der Waals surface area contributed by atoms with Crippen LogP contribution in [0.5, 0.6) is 0 Å². The summed E-state index contributed by atoms with van der Waals surface area (Å²) in [5, 5.41) is 11.9. The normalized spacial score (nSPS) is 16.0. The number of carbonyl (C=O) groups excluding carboxylic acids is 1. The van der Waals surface area contributed by atoms with Crippen LogP contribution >= 0.6 is 0 Å². The number of carboxylic acids is 1. The van der Waals surface area contributed by atoms with E-state index in [1.165, 1.54) is 0 Å². The third kappa shape index (κ3) is 3.54. The summed E-state index contributed by atoms with van der Waals surface area (Å²) in [6.45, 7) is 3.97. The molecule has 114 valence electrons. The second-order valence-corrected chi connectivity index (χ2v) is 6.04. The molecule has 1 aromatic rings. The van der Waals surface area contributed by atoms with Crippen LogP contribution in [0.25, 0.3) is 0 Å². The lowest BCUT2D eigenvalue weighted by Gasteiger charge is -2.42. The van der Waals surface area contributed by atoms with E-state index in [0.29, 0.717) is 0 Å². The van der Waals surface area contributed by atoms with Crippen LogP contribution in [0.2, 0.25) is 0 Å². The Bertz CT molecular complexity index is 544. The summed E-state index contributed by atoms with van der Waals surface area (Å²) in [7, 11) is 1.71. The Balaban J connectivity index is 2.10. The molecular weight excluding hydrogens is 268 g/mol. The van der Waals surface area contributed by atoms with Crippen molar-refractivity contribution < 1.29 is 14.7 Å². The summed E-state index contributed by atoms with van der Waals surface area (Å²) in [5.41, 5.74) is 2.42. The highest BCUT2D eigenvalue weighted by molar-refractivity contribution is 5.92. The lowest BCUT2D eigenvalue weighted by molar-refractivity contribution is -0.139. The smallest absolute Gasteiger partial charge is 0.322 e. The van der Waals surface area contributed by atoms with E-state index < -0.39 is 11.5 Å². The highest BCUT2D eigenvalue weighted by atomic mass is 16.4. The number of hydrogen-bond acceptors (Lipinski definition) is 2. The number of nitrogens with one attached hydrogen (secondary N) is 1. The molecule has 0 unspecified atom stereocenters. The molecule has 1 saturated carbocycles. The van der Waals surface area contributed by atoms with Gasteiger partial charge in [-0.1, -0.05) is 6.07 Å². The minimum atomic E-state index is -0.871. The SMILES string of the molecule is Cc1cc(C)cc(N(C)C(=O)NC2(CC(=O)O)CCC2)c1. The van der Waals surface area contributed by atoms with E-state index >= 15 is 0 Å². The van der Waals surface area contributed by atoms with Crippen LogP contribution in [-0.2, 0) is 4.79 Å². The summed E-state index contributed by atoms with van der Waals surface area (Å²) in [6.07, 6.45) is 2.40. The summed E-state index contributed by atoms with van der Waals surface area (Å²) in [6, 6.07) is 5.68. The zero-order chi connectivity index (χ0) is 15.6. The molecule has 0 saturated heterocycles. The van der Waals surface area contributed by atoms with Crippen LogP contribution in [0.3, 0.4) is 0 Å². The Morgan fingerprint density at radius 2 is 1.81 bits per heavy atom. The molecule has 2 amide bonds. The standard InChI is InChI=1S/C16H22N2O3/c1-11-7-12(2)9-13(8-11)18(3)15(21)17-16(5-4-6-16)10-14(19)20/h7-9H,4-6,10H2,1-3H3,(H,17,21)(H,19,20). The molecule has 21 heavy (non-hydrogen) atoms. The van der Waals surface area contributed by atoms with E-state index in [9.17, 15) is 9.59 Å². The number of nitrogens with zero attached hydrogens (tertiary/aromatic N) is 1. The summed E-state index contributed by atoms with van der Waals surface area (Å²) in [4.78, 5) is 24.9. The molecule has 2 rings (SSSR count). The van der Waals surface area contributed by atoms with Crippen LogP contribution in [0.4, 0.5) is 10.5 Å². The molecule has 1 fully saturated rings. The molecule has 5 nitrogen and oxygen atoms in total. The van der Waals surface area contributed by atoms with Gasteiger partial charge in [-0.15, -0.1) is 0 Å². The van der Waals surface area contributed by atoms with E-state index in [4.69, 9.17) is 5.11 Å². The number of aryl methyl sites for hydroxylation is 2. The van der Waals surface area contributed by atoms with E-state index in [1.807, 2.05) is 32.0 Å². The Morgan fingerprint density at radius 3 is 2.24 bits per heavy atom. The molecule has 1 aromatic carbocycles. The minimum absolute atomic E-state index is 0.0145. The minimum Gasteiger partial charge on any atom is -0.481 e. The fourth-order valence-electron chi connectivity index (χ4n) is 2.81. The van der Waals surface area contributed by atoms with Crippen molar-refractivity contribution in [2.24, 2.45) is 0 Å². The van der Waals surface area contributed by atoms with Crippen molar-refractivity contribution in [3.63, 3.8) is 0 Å². The first-order valence-electron chi connectivity index (χ1n) is 7.17. The Kier molecular flexibility index (Phi) is 4.21. The van der Waals surface area contributed by atoms with E-state index in [1.54, 1.807) is 11.9 Å². The fourth-order valence-corrected chi connectivity index (χ4v) is 2.81. The third-order valence-corrected chi connectivity index (χ3v) is 4.07. The molecule has 0 aromatic heterocycles. The zero-order valence-electron chi connectivity index (χ0n) is 12.8. The number of carbonyl (C=O) groups is 2. The molecule has 0 bridgehead atoms. The van der Waals surface area contributed by atoms with Crippen molar-refractivity contribution in [2.75, 3.05) is 11.9 Å². The molecule has 0 heterocycles. The Morgan fingerprint density at radius 1 is 1.24 bits per heavy atom. The van der Waals surface area contributed by atoms with Gasteiger partial charge in [0.15, 0.2) is 0 Å². The van der Waals surface area contributed by atoms with Gasteiger partial charge in [0.1, 0.15) is 0 Å². The largest absolute Gasteiger partial charge is 0.481 e. The van der Waals surface area contributed by atoms with Gasteiger partial charge in [-0.05, 0) is 56.4 Å². The number of aliphatic carboxylic acids is 1. The number of carboxylic acid groups (broad SMARTS) is 1. The number of anilines is 1. The van der Waals surface area contributed by atoms with Crippen molar-refractivity contribution in [2.45, 2.75) is 45.1 Å². The van der Waals surface area contributed by atoms with E-state index in [-0.39, 0.29) is 12.5 Å². The fraction of sp³-hybridized carbons (Fsp3) is 0.500. The van der Waals surface area contributed by atoms with Gasteiger partial charge in [0, 0.05) is 12.7 Å². The number of hydrogen-bond donors (Lipinski definition) is 2. The Hall–Kier alpha value is -2.04. The van der Waals surface area contributed by atoms with Gasteiger partial charge >= 0.3 is 12.0 Å². The van der Waals surface area contributed by atoms with Gasteiger partial charge in [-0.2, -0.15) is 0 Å². The summed E-state index contributed by atoms with van der Waals surface area (Å²) in [5.74, 6) is -0.871. The van der Waals surface area contributed by atoms with Crippen molar-refractivity contribution in [3.8, 4) is 0 Å². The molecule has 1 aliphatic carbocycles. The van der Waals surface area contributed by atoms with E-state index in [0.717, 1.165) is 36.1 Å². The van der Waals surface area contributed by atoms with Gasteiger partial charge in [0.2, 0.25) is 0 Å². The van der Waals surface area contributed by atoms with Crippen molar-refractivity contribution >= 4 is 17.7 Å². The summed E-state index contributed by atoms with van der Waals surface area (Å²) >= 11 is 0. The monoisotopic (exact) mass is 290 g/mol. The van der Waals surface area contributed by atoms with Gasteiger partial charge in [0.05, 0.1) is 12.0 Å². The van der Waals surface area contributed by atoms with Crippen LogP contribution in [0.15, 0.2) is 18.2 Å². The van der Waals surface area contributed by atoms with E-state index in [2.05, 4.69) is 5.32 Å². The highest BCUT2D eigenvalue weighted by Gasteiger charge is 2.41. The van der Waals surface area contributed by atoms with Crippen LogP contribution in [0, 0.1) is 13.8 Å². The van der Waals surface area contributed by atoms with Crippen LogP contribution in [0.1, 0.15) is 36.8 Å². The van der Waals surface area contributed by atoms with Gasteiger partial charge in [-0.25, -0.2) is 4.79 Å². The second-order valence-electron chi connectivity index (χ2n) is 6.04. The second kappa shape index (κ2) is 5.76. The van der Waals surface area contributed by atoms with Gasteiger partial charge < -0.3 is 10.4 Å². The maximum absolute atomic E-state index is 12.4. The summed E-state index contributed by atoms with van der Waals surface area (Å²) < 4.78 is 0. The molecule has 1 aliphatic rings. The van der Waals surface area contributed by atoms with Crippen molar-refractivity contribution in [1.29, 1.82) is 0 Å². The molecule has 0 aliphatic heterocycles. The molecular formula is C16H22N2O3. The molecule has 2 N–H and O–H groups in total. The average molecular weight is 290 g/mol. The maximum atomic E-state index is 12.4. The first-order chi connectivity index (χ1) is 9.81. The van der Waals surface area contributed by atoms with Gasteiger partial charge in [0.25, 0.3) is 0 Å². The maximum Gasteiger partial charge on any atom is 0.322 e. The number of benzene rings is 1. The first-order valence-corrected chi connectivity index (χ1v) is 7.17. The number of rotatable bonds is 4. The predicted molar refractivity (Wildman–Crippen MR) is 81.7 cm³/mol. The van der Waals surface area contributed by atoms with Crippen LogP contribution in [-0.4, -0.2) is 29.7 Å². The molecule has 0 radical (unpaired) electrons. The van der Waals surface area contributed by atoms with Crippen molar-refractivity contribution in [3.05, 3.63) is 29.3 Å². The van der Waals surface area contributed by atoms with Crippen molar-refractivity contribution in [1.82, 2.24) is 5.32 Å².